The molecule has 2 heterocycles. The molecule has 12 heteroatoms. The predicted octanol–water partition coefficient (Wildman–Crippen LogP) is 4.16. The number of rotatable bonds is 7. The summed E-state index contributed by atoms with van der Waals surface area (Å²) in [5, 5.41) is 16.2. The zero-order valence-electron chi connectivity index (χ0n) is 16.2. The number of amides is 1. The number of hydrogen-bond acceptors (Lipinski definition) is 9. The van der Waals surface area contributed by atoms with Crippen molar-refractivity contribution in [1.29, 1.82) is 0 Å². The smallest absolute Gasteiger partial charge is 0.269 e. The molecule has 0 fully saturated rings. The largest absolute Gasteiger partial charge is 0.301 e. The van der Waals surface area contributed by atoms with Gasteiger partial charge in [0.05, 0.1) is 26.1 Å². The molecule has 2 aromatic heterocycles. The van der Waals surface area contributed by atoms with E-state index in [1.165, 1.54) is 17.1 Å². The number of benzene rings is 2. The lowest BCUT2D eigenvalue weighted by molar-refractivity contribution is -0.384. The number of thioether (sulfide) groups is 1. The van der Waals surface area contributed by atoms with Crippen LogP contribution in [0.4, 0.5) is 10.8 Å². The summed E-state index contributed by atoms with van der Waals surface area (Å²) in [6.45, 7) is 0. The molecule has 0 saturated heterocycles. The van der Waals surface area contributed by atoms with Crippen molar-refractivity contribution in [1.82, 2.24) is 9.97 Å². The molecule has 162 valence electrons. The van der Waals surface area contributed by atoms with Crippen LogP contribution in [0.25, 0.3) is 10.9 Å². The van der Waals surface area contributed by atoms with E-state index in [2.05, 4.69) is 15.3 Å². The number of nitrogens with zero attached hydrogens (tertiary/aromatic N) is 3. The number of anilines is 1. The van der Waals surface area contributed by atoms with Crippen LogP contribution < -0.4 is 5.32 Å². The van der Waals surface area contributed by atoms with E-state index in [-0.39, 0.29) is 32.4 Å². The molecular weight excluding hydrogens is 472 g/mol. The quantitative estimate of drug-likeness (QED) is 0.234. The Kier molecular flexibility index (Phi) is 6.17. The molecule has 4 rings (SSSR count). The van der Waals surface area contributed by atoms with E-state index in [0.29, 0.717) is 5.03 Å². The summed E-state index contributed by atoms with van der Waals surface area (Å²) < 4.78 is 25.4. The third kappa shape index (κ3) is 4.77. The first-order chi connectivity index (χ1) is 15.3. The molecule has 0 aliphatic rings. The topological polar surface area (TPSA) is 132 Å². The van der Waals surface area contributed by atoms with E-state index < -0.39 is 14.8 Å². The van der Waals surface area contributed by atoms with Gasteiger partial charge in [0.15, 0.2) is 10.2 Å². The Hall–Kier alpha value is -3.35. The van der Waals surface area contributed by atoms with Crippen LogP contribution in [-0.4, -0.2) is 35.0 Å². The van der Waals surface area contributed by atoms with Crippen molar-refractivity contribution in [3.63, 3.8) is 0 Å². The third-order valence-corrected chi connectivity index (χ3v) is 7.78. The van der Waals surface area contributed by atoms with Crippen LogP contribution in [0.2, 0.25) is 0 Å². The van der Waals surface area contributed by atoms with Crippen molar-refractivity contribution in [2.24, 2.45) is 0 Å². The number of carbonyl (C=O) groups excluding carboxylic acids is 1. The number of carbonyl (C=O) groups is 1. The van der Waals surface area contributed by atoms with Crippen molar-refractivity contribution in [3.05, 3.63) is 76.2 Å². The number of para-hydroxylation sites is 1. The van der Waals surface area contributed by atoms with Crippen molar-refractivity contribution in [2.75, 3.05) is 11.1 Å². The normalized spacial score (nSPS) is 11.4. The van der Waals surface area contributed by atoms with Crippen LogP contribution in [-0.2, 0) is 14.6 Å². The van der Waals surface area contributed by atoms with Crippen LogP contribution in [0.1, 0.15) is 0 Å². The second-order valence-electron chi connectivity index (χ2n) is 6.42. The third-order valence-electron chi connectivity index (χ3n) is 4.29. The van der Waals surface area contributed by atoms with Gasteiger partial charge < -0.3 is 5.32 Å². The fraction of sp³-hybridized carbons (Fsp3) is 0.0500. The van der Waals surface area contributed by atoms with Gasteiger partial charge in [-0.05, 0) is 24.3 Å². The number of nitrogens with one attached hydrogen (secondary N) is 1. The Labute approximate surface area is 190 Å². The van der Waals surface area contributed by atoms with Crippen LogP contribution >= 0.6 is 23.1 Å². The number of nitro groups is 1. The molecule has 1 amide bonds. The molecule has 0 aliphatic heterocycles. The number of sulfone groups is 1. The van der Waals surface area contributed by atoms with E-state index in [0.717, 1.165) is 46.5 Å². The summed E-state index contributed by atoms with van der Waals surface area (Å²) in [6.07, 6.45) is 0. The maximum absolute atomic E-state index is 12.7. The van der Waals surface area contributed by atoms with E-state index in [1.54, 1.807) is 0 Å². The summed E-state index contributed by atoms with van der Waals surface area (Å²) in [7, 11) is -3.96. The number of fused-ring (bicyclic) bond motifs is 1. The lowest BCUT2D eigenvalue weighted by atomic mass is 10.2. The molecular formula is C20H14N4O5S3. The minimum atomic E-state index is -3.96. The first-order valence-electron chi connectivity index (χ1n) is 9.06. The number of hydrogen-bond donors (Lipinski definition) is 1. The van der Waals surface area contributed by atoms with Crippen LogP contribution in [0.5, 0.6) is 0 Å². The Morgan fingerprint density at radius 1 is 1.06 bits per heavy atom. The van der Waals surface area contributed by atoms with E-state index >= 15 is 0 Å². The molecule has 0 saturated carbocycles. The zero-order valence-corrected chi connectivity index (χ0v) is 18.6. The average molecular weight is 487 g/mol. The first kappa shape index (κ1) is 21.9. The maximum Gasteiger partial charge on any atom is 0.269 e. The monoisotopic (exact) mass is 486 g/mol. The standard InChI is InChI=1S/C20H14N4O5S3/c25-17(11-30-18-10-5-13-3-1-2-4-16(13)21-18)22-20-23-19(12-31-20)32(28,29)15-8-6-14(7-9-15)24(26)27/h1-10,12H,11H2,(H,22,23,25). The maximum atomic E-state index is 12.7. The molecule has 0 unspecified atom stereocenters. The predicted molar refractivity (Wildman–Crippen MR) is 122 cm³/mol. The number of thiazole rings is 1. The van der Waals surface area contributed by atoms with Gasteiger partial charge in [-0.25, -0.2) is 18.4 Å². The van der Waals surface area contributed by atoms with Crippen LogP contribution in [0.15, 0.2) is 81.0 Å². The van der Waals surface area contributed by atoms with Gasteiger partial charge in [0, 0.05) is 22.9 Å². The van der Waals surface area contributed by atoms with Gasteiger partial charge in [0.25, 0.3) is 5.69 Å². The summed E-state index contributed by atoms with van der Waals surface area (Å²) in [6, 6.07) is 15.9. The second-order valence-corrected chi connectivity index (χ2v) is 10.2. The highest BCUT2D eigenvalue weighted by molar-refractivity contribution is 7.99. The molecule has 1 N–H and O–H groups in total. The minimum absolute atomic E-state index is 0.0787. The molecule has 32 heavy (non-hydrogen) atoms. The Morgan fingerprint density at radius 2 is 1.81 bits per heavy atom. The fourth-order valence-corrected chi connectivity index (χ4v) is 5.65. The Balaban J connectivity index is 1.40. The fourth-order valence-electron chi connectivity index (χ4n) is 2.73. The summed E-state index contributed by atoms with van der Waals surface area (Å²) >= 11 is 2.23. The van der Waals surface area contributed by atoms with Gasteiger partial charge in [-0.2, -0.15) is 0 Å². The summed E-state index contributed by atoms with van der Waals surface area (Å²) in [4.78, 5) is 30.8. The Bertz CT molecular complexity index is 1420. The molecule has 4 aromatic rings. The van der Waals surface area contributed by atoms with Crippen molar-refractivity contribution in [3.8, 4) is 0 Å². The Morgan fingerprint density at radius 3 is 2.56 bits per heavy atom. The molecule has 2 aromatic carbocycles. The summed E-state index contributed by atoms with van der Waals surface area (Å²) in [5.41, 5.74) is 0.618. The first-order valence-corrected chi connectivity index (χ1v) is 12.4. The number of aromatic nitrogens is 2. The molecule has 0 aliphatic carbocycles. The lowest BCUT2D eigenvalue weighted by Crippen LogP contribution is -2.14. The van der Waals surface area contributed by atoms with Gasteiger partial charge in [0.2, 0.25) is 15.7 Å². The molecule has 0 atom stereocenters. The number of nitro benzene ring substituents is 1. The minimum Gasteiger partial charge on any atom is -0.301 e. The highest BCUT2D eigenvalue weighted by Gasteiger charge is 2.22. The average Bonchev–Trinajstić information content (AvgIpc) is 3.27. The van der Waals surface area contributed by atoms with Gasteiger partial charge in [-0.3, -0.25) is 14.9 Å². The zero-order chi connectivity index (χ0) is 22.7. The van der Waals surface area contributed by atoms with E-state index in [9.17, 15) is 23.3 Å². The van der Waals surface area contributed by atoms with Gasteiger partial charge in [-0.15, -0.1) is 11.3 Å². The van der Waals surface area contributed by atoms with Crippen molar-refractivity contribution < 1.29 is 18.1 Å². The van der Waals surface area contributed by atoms with Gasteiger partial charge in [0.1, 0.15) is 0 Å². The lowest BCUT2D eigenvalue weighted by Gasteiger charge is -2.03. The number of non-ortho nitro benzene ring substituents is 1. The molecule has 0 spiro atoms. The highest BCUT2D eigenvalue weighted by Crippen LogP contribution is 2.27. The van der Waals surface area contributed by atoms with Gasteiger partial charge >= 0.3 is 0 Å². The van der Waals surface area contributed by atoms with Crippen LogP contribution in [0.3, 0.4) is 0 Å². The second kappa shape index (κ2) is 9.02. The molecule has 9 nitrogen and oxygen atoms in total. The van der Waals surface area contributed by atoms with Crippen LogP contribution in [0, 0.1) is 10.1 Å². The van der Waals surface area contributed by atoms with Crippen molar-refractivity contribution >= 4 is 60.6 Å². The molecule has 0 radical (unpaired) electrons. The highest BCUT2D eigenvalue weighted by atomic mass is 32.2. The van der Waals surface area contributed by atoms with Gasteiger partial charge in [-0.1, -0.05) is 36.0 Å². The number of pyridine rings is 1. The summed E-state index contributed by atoms with van der Waals surface area (Å²) in [5.74, 6) is -0.270. The van der Waals surface area contributed by atoms with Crippen molar-refractivity contribution in [2.45, 2.75) is 14.9 Å². The van der Waals surface area contributed by atoms with E-state index in [1.807, 2.05) is 36.4 Å². The molecule has 0 bridgehead atoms. The van der Waals surface area contributed by atoms with E-state index in [4.69, 9.17) is 0 Å². The SMILES string of the molecule is O=C(CSc1ccc2ccccc2n1)Nc1nc(S(=O)(=O)c2ccc([N+](=O)[O-])cc2)cs1.